The minimum Gasteiger partial charge on any atom is -0.266 e. The predicted molar refractivity (Wildman–Crippen MR) is 86.9 cm³/mol. The number of rotatable bonds is 2. The average Bonchev–Trinajstić information content (AvgIpc) is 2.73. The SMILES string of the molecule is Cc1nn(C)c(-c2ccc(C3CCCCC3)cc2)c1Br. The zero-order chi connectivity index (χ0) is 14.1. The van der Waals surface area contributed by atoms with Crippen LogP contribution < -0.4 is 0 Å². The van der Waals surface area contributed by atoms with Crippen LogP contribution in [0, 0.1) is 6.92 Å². The number of halogens is 1. The van der Waals surface area contributed by atoms with E-state index in [1.54, 1.807) is 0 Å². The normalized spacial score (nSPS) is 16.6. The van der Waals surface area contributed by atoms with Crippen molar-refractivity contribution >= 4 is 15.9 Å². The molecule has 0 bridgehead atoms. The summed E-state index contributed by atoms with van der Waals surface area (Å²) >= 11 is 3.65. The summed E-state index contributed by atoms with van der Waals surface area (Å²) in [6.07, 6.45) is 6.90. The van der Waals surface area contributed by atoms with E-state index in [1.165, 1.54) is 43.2 Å². The molecule has 2 aromatic rings. The number of hydrogen-bond acceptors (Lipinski definition) is 1. The van der Waals surface area contributed by atoms with Gasteiger partial charge in [0.2, 0.25) is 0 Å². The second kappa shape index (κ2) is 5.72. The summed E-state index contributed by atoms with van der Waals surface area (Å²) in [5.74, 6) is 0.773. The Hall–Kier alpha value is -1.09. The van der Waals surface area contributed by atoms with Gasteiger partial charge in [0.15, 0.2) is 0 Å². The Morgan fingerprint density at radius 3 is 2.30 bits per heavy atom. The van der Waals surface area contributed by atoms with Gasteiger partial charge in [-0.3, -0.25) is 4.68 Å². The molecule has 1 aromatic carbocycles. The van der Waals surface area contributed by atoms with E-state index < -0.39 is 0 Å². The summed E-state index contributed by atoms with van der Waals surface area (Å²) in [6.45, 7) is 2.03. The molecule has 1 aliphatic rings. The van der Waals surface area contributed by atoms with Crippen molar-refractivity contribution in [3.05, 3.63) is 40.0 Å². The van der Waals surface area contributed by atoms with E-state index in [1.807, 2.05) is 18.7 Å². The summed E-state index contributed by atoms with van der Waals surface area (Å²) in [4.78, 5) is 0. The first kappa shape index (κ1) is 13.9. The number of aromatic nitrogens is 2. The highest BCUT2D eigenvalue weighted by Crippen LogP contribution is 2.35. The van der Waals surface area contributed by atoms with Crippen molar-refractivity contribution in [2.75, 3.05) is 0 Å². The Labute approximate surface area is 129 Å². The van der Waals surface area contributed by atoms with Crippen LogP contribution in [0.1, 0.15) is 49.3 Å². The summed E-state index contributed by atoms with van der Waals surface area (Å²) in [7, 11) is 2.00. The Balaban J connectivity index is 1.89. The molecule has 1 saturated carbocycles. The van der Waals surface area contributed by atoms with Crippen molar-refractivity contribution in [2.24, 2.45) is 7.05 Å². The van der Waals surface area contributed by atoms with E-state index in [0.717, 1.165) is 21.8 Å². The maximum Gasteiger partial charge on any atom is 0.0824 e. The van der Waals surface area contributed by atoms with Gasteiger partial charge in [0.05, 0.1) is 15.9 Å². The Kier molecular flexibility index (Phi) is 3.97. The molecular weight excluding hydrogens is 312 g/mol. The Bertz CT molecular complexity index is 592. The number of aryl methyl sites for hydroxylation is 2. The number of hydrogen-bond donors (Lipinski definition) is 0. The largest absolute Gasteiger partial charge is 0.266 e. The molecule has 0 aliphatic heterocycles. The summed E-state index contributed by atoms with van der Waals surface area (Å²) in [6, 6.07) is 9.09. The molecule has 2 nitrogen and oxygen atoms in total. The van der Waals surface area contributed by atoms with Crippen molar-refractivity contribution in [2.45, 2.75) is 44.9 Å². The van der Waals surface area contributed by atoms with Crippen molar-refractivity contribution in [3.63, 3.8) is 0 Å². The molecule has 0 N–H and O–H groups in total. The quantitative estimate of drug-likeness (QED) is 0.738. The van der Waals surface area contributed by atoms with Crippen molar-refractivity contribution in [1.82, 2.24) is 9.78 Å². The van der Waals surface area contributed by atoms with Crippen molar-refractivity contribution in [1.29, 1.82) is 0 Å². The first-order chi connectivity index (χ1) is 9.66. The van der Waals surface area contributed by atoms with Gasteiger partial charge >= 0.3 is 0 Å². The average molecular weight is 333 g/mol. The van der Waals surface area contributed by atoms with Crippen LogP contribution in [0.2, 0.25) is 0 Å². The van der Waals surface area contributed by atoms with Crippen LogP contribution >= 0.6 is 15.9 Å². The molecule has 3 rings (SSSR count). The van der Waals surface area contributed by atoms with Crippen molar-refractivity contribution in [3.8, 4) is 11.3 Å². The zero-order valence-electron chi connectivity index (χ0n) is 12.2. The maximum atomic E-state index is 4.47. The van der Waals surface area contributed by atoms with Gasteiger partial charge in [-0.2, -0.15) is 5.10 Å². The second-order valence-electron chi connectivity index (χ2n) is 5.83. The fraction of sp³-hybridized carbons (Fsp3) is 0.471. The highest BCUT2D eigenvalue weighted by Gasteiger charge is 2.17. The van der Waals surface area contributed by atoms with Gasteiger partial charge in [-0.05, 0) is 47.2 Å². The Morgan fingerprint density at radius 1 is 1.10 bits per heavy atom. The highest BCUT2D eigenvalue weighted by molar-refractivity contribution is 9.10. The molecule has 0 radical (unpaired) electrons. The standard InChI is InChI=1S/C17H21BrN2/c1-12-16(18)17(20(2)19-12)15-10-8-14(9-11-15)13-6-4-3-5-7-13/h8-11,13H,3-7H2,1-2H3. The number of benzene rings is 1. The smallest absolute Gasteiger partial charge is 0.0824 e. The summed E-state index contributed by atoms with van der Waals surface area (Å²) < 4.78 is 3.06. The topological polar surface area (TPSA) is 17.8 Å². The van der Waals surface area contributed by atoms with Gasteiger partial charge in [-0.15, -0.1) is 0 Å². The fourth-order valence-electron chi connectivity index (χ4n) is 3.29. The number of nitrogens with zero attached hydrogens (tertiary/aromatic N) is 2. The lowest BCUT2D eigenvalue weighted by atomic mass is 9.84. The highest BCUT2D eigenvalue weighted by atomic mass is 79.9. The lowest BCUT2D eigenvalue weighted by Gasteiger charge is -2.22. The molecule has 0 saturated heterocycles. The van der Waals surface area contributed by atoms with Gasteiger partial charge in [0.1, 0.15) is 0 Å². The van der Waals surface area contributed by atoms with Gasteiger partial charge < -0.3 is 0 Å². The molecule has 1 aliphatic carbocycles. The molecule has 0 unspecified atom stereocenters. The molecule has 106 valence electrons. The van der Waals surface area contributed by atoms with E-state index in [9.17, 15) is 0 Å². The first-order valence-electron chi connectivity index (χ1n) is 7.46. The minimum atomic E-state index is 0.773. The van der Waals surface area contributed by atoms with Gasteiger partial charge in [0.25, 0.3) is 0 Å². The Morgan fingerprint density at radius 2 is 1.75 bits per heavy atom. The van der Waals surface area contributed by atoms with E-state index in [0.29, 0.717) is 0 Å². The van der Waals surface area contributed by atoms with E-state index in [4.69, 9.17) is 0 Å². The minimum absolute atomic E-state index is 0.773. The third-order valence-corrected chi connectivity index (χ3v) is 5.36. The van der Waals surface area contributed by atoms with Crippen molar-refractivity contribution < 1.29 is 0 Å². The fourth-order valence-corrected chi connectivity index (χ4v) is 3.86. The molecule has 0 amide bonds. The van der Waals surface area contributed by atoms with Crippen LogP contribution in [0.5, 0.6) is 0 Å². The van der Waals surface area contributed by atoms with Crippen LogP contribution in [0.15, 0.2) is 28.7 Å². The third kappa shape index (κ3) is 2.56. The molecule has 1 heterocycles. The van der Waals surface area contributed by atoms with Crippen LogP contribution in [0.3, 0.4) is 0 Å². The molecule has 20 heavy (non-hydrogen) atoms. The summed E-state index contributed by atoms with van der Waals surface area (Å²) in [5.41, 5.74) is 4.94. The van der Waals surface area contributed by atoms with E-state index in [-0.39, 0.29) is 0 Å². The van der Waals surface area contributed by atoms with Gasteiger partial charge in [-0.1, -0.05) is 43.5 Å². The first-order valence-corrected chi connectivity index (χ1v) is 8.25. The predicted octanol–water partition coefficient (Wildman–Crippen LogP) is 5.21. The molecule has 1 fully saturated rings. The summed E-state index contributed by atoms with van der Waals surface area (Å²) in [5, 5.41) is 4.47. The third-order valence-electron chi connectivity index (χ3n) is 4.41. The zero-order valence-corrected chi connectivity index (χ0v) is 13.8. The molecule has 1 aromatic heterocycles. The lowest BCUT2D eigenvalue weighted by Crippen LogP contribution is -2.04. The van der Waals surface area contributed by atoms with Crippen LogP contribution in [0.4, 0.5) is 0 Å². The second-order valence-corrected chi connectivity index (χ2v) is 6.62. The molecule has 0 spiro atoms. The van der Waals surface area contributed by atoms with Gasteiger partial charge in [-0.25, -0.2) is 0 Å². The maximum absolute atomic E-state index is 4.47. The molecule has 3 heteroatoms. The molecular formula is C17H21BrN2. The lowest BCUT2D eigenvalue weighted by molar-refractivity contribution is 0.443. The monoisotopic (exact) mass is 332 g/mol. The molecule has 0 atom stereocenters. The van der Waals surface area contributed by atoms with Crippen LogP contribution in [0.25, 0.3) is 11.3 Å². The van der Waals surface area contributed by atoms with Crippen LogP contribution in [-0.4, -0.2) is 9.78 Å². The van der Waals surface area contributed by atoms with E-state index >= 15 is 0 Å². The van der Waals surface area contributed by atoms with Gasteiger partial charge in [0, 0.05) is 12.6 Å². The van der Waals surface area contributed by atoms with E-state index in [2.05, 4.69) is 45.3 Å². The van der Waals surface area contributed by atoms with Crippen LogP contribution in [-0.2, 0) is 7.05 Å².